The normalized spacial score (nSPS) is 14.7. The van der Waals surface area contributed by atoms with Crippen LogP contribution in [0.4, 0.5) is 11.4 Å². The molecule has 0 saturated carbocycles. The molecule has 1 aliphatic rings. The molecule has 0 saturated heterocycles. The van der Waals surface area contributed by atoms with Crippen LogP contribution in [0, 0.1) is 34.6 Å². The Bertz CT molecular complexity index is 1040. The predicted octanol–water partition coefficient (Wildman–Crippen LogP) is 6.46. The van der Waals surface area contributed by atoms with Crippen LogP contribution in [-0.4, -0.2) is 8.24 Å². The fourth-order valence-corrected chi connectivity index (χ4v) is 9.06. The summed E-state index contributed by atoms with van der Waals surface area (Å²) in [4.78, 5) is 0. The summed E-state index contributed by atoms with van der Waals surface area (Å²) in [6.45, 7) is 16.2. The third-order valence-corrected chi connectivity index (χ3v) is 9.41. The van der Waals surface area contributed by atoms with Crippen LogP contribution in [0.15, 0.2) is 48.5 Å². The highest BCUT2D eigenvalue weighted by molar-refractivity contribution is 6.95. The highest BCUT2D eigenvalue weighted by atomic mass is 28.3. The molecule has 0 N–H and O–H groups in total. The number of hydrogen-bond acceptors (Lipinski definition) is 1. The van der Waals surface area contributed by atoms with Crippen molar-refractivity contribution < 1.29 is 0 Å². The number of nitrogens with zero attached hydrogens (tertiary/aromatic N) is 1. The maximum Gasteiger partial charge on any atom is 0.188 e. The summed E-state index contributed by atoms with van der Waals surface area (Å²) in [5, 5.41) is 1.58. The van der Waals surface area contributed by atoms with Gasteiger partial charge in [-0.2, -0.15) is 0 Å². The van der Waals surface area contributed by atoms with Gasteiger partial charge in [0.1, 0.15) is 0 Å². The Kier molecular flexibility index (Phi) is 4.08. The van der Waals surface area contributed by atoms with Crippen molar-refractivity contribution in [2.24, 2.45) is 0 Å². The first-order valence-corrected chi connectivity index (χ1v) is 12.8. The van der Waals surface area contributed by atoms with E-state index in [4.69, 9.17) is 0 Å². The Morgan fingerprint density at radius 3 is 1.89 bits per heavy atom. The Hall–Kier alpha value is -2.32. The minimum absolute atomic E-state index is 1.34. The molecule has 2 heteroatoms. The van der Waals surface area contributed by atoms with E-state index in [0.29, 0.717) is 0 Å². The second-order valence-electron chi connectivity index (χ2n) is 8.66. The fraction of sp³-hybridized carbons (Fsp3) is 0.280. The van der Waals surface area contributed by atoms with E-state index < -0.39 is 8.24 Å². The summed E-state index contributed by atoms with van der Waals surface area (Å²) >= 11 is 0. The summed E-state index contributed by atoms with van der Waals surface area (Å²) < 4.78 is 2.71. The summed E-state index contributed by atoms with van der Waals surface area (Å²) in [5.74, 6) is 0. The van der Waals surface area contributed by atoms with E-state index in [-0.39, 0.29) is 0 Å². The van der Waals surface area contributed by atoms with Gasteiger partial charge in [0.25, 0.3) is 0 Å². The van der Waals surface area contributed by atoms with Crippen LogP contribution in [0.25, 0.3) is 11.1 Å². The fourth-order valence-electron chi connectivity index (χ4n) is 5.23. The van der Waals surface area contributed by atoms with Crippen molar-refractivity contribution in [1.29, 1.82) is 0 Å². The van der Waals surface area contributed by atoms with Crippen molar-refractivity contribution in [2.45, 2.75) is 47.7 Å². The topological polar surface area (TPSA) is 3.24 Å². The Morgan fingerprint density at radius 2 is 1.22 bits per heavy atom. The Morgan fingerprint density at radius 1 is 0.667 bits per heavy atom. The second-order valence-corrected chi connectivity index (χ2v) is 12.7. The quantitative estimate of drug-likeness (QED) is 0.444. The first-order chi connectivity index (χ1) is 12.7. The van der Waals surface area contributed by atoms with Gasteiger partial charge in [0.2, 0.25) is 0 Å². The van der Waals surface area contributed by atoms with Gasteiger partial charge in [0.15, 0.2) is 8.24 Å². The number of rotatable bonds is 1. The maximum atomic E-state index is 2.71. The molecule has 138 valence electrons. The van der Waals surface area contributed by atoms with Crippen molar-refractivity contribution in [3.05, 3.63) is 76.3 Å². The smallest absolute Gasteiger partial charge is 0.188 e. The molecule has 0 unspecified atom stereocenters. The molecule has 0 spiro atoms. The second kappa shape index (κ2) is 6.10. The lowest BCUT2D eigenvalue weighted by Gasteiger charge is -2.47. The van der Waals surface area contributed by atoms with E-state index in [9.17, 15) is 0 Å². The van der Waals surface area contributed by atoms with Gasteiger partial charge in [-0.25, -0.2) is 0 Å². The van der Waals surface area contributed by atoms with E-state index in [1.54, 1.807) is 5.19 Å². The molecule has 0 bridgehead atoms. The average Bonchev–Trinajstić information content (AvgIpc) is 2.56. The van der Waals surface area contributed by atoms with Gasteiger partial charge >= 0.3 is 0 Å². The summed E-state index contributed by atoms with van der Waals surface area (Å²) in [7, 11) is -1.95. The lowest BCUT2D eigenvalue weighted by atomic mass is 9.97. The Balaban J connectivity index is 2.11. The zero-order valence-electron chi connectivity index (χ0n) is 17.6. The molecule has 1 nitrogen and oxygen atoms in total. The van der Waals surface area contributed by atoms with Gasteiger partial charge < -0.3 is 4.57 Å². The number of hydrogen-bond donors (Lipinski definition) is 0. The van der Waals surface area contributed by atoms with E-state index >= 15 is 0 Å². The molecule has 0 radical (unpaired) electrons. The Labute approximate surface area is 164 Å². The number of anilines is 2. The van der Waals surface area contributed by atoms with Crippen LogP contribution >= 0.6 is 0 Å². The van der Waals surface area contributed by atoms with E-state index in [0.717, 1.165) is 0 Å². The molecule has 0 aliphatic carbocycles. The zero-order valence-corrected chi connectivity index (χ0v) is 18.6. The lowest BCUT2D eigenvalue weighted by molar-refractivity contribution is 1.22. The van der Waals surface area contributed by atoms with Gasteiger partial charge in [-0.3, -0.25) is 0 Å². The third kappa shape index (κ3) is 2.66. The molecule has 0 amide bonds. The summed E-state index contributed by atoms with van der Waals surface area (Å²) in [6, 6.07) is 18.4. The molecule has 3 aromatic carbocycles. The van der Waals surface area contributed by atoms with Crippen LogP contribution in [-0.2, 0) is 0 Å². The maximum absolute atomic E-state index is 2.71. The van der Waals surface area contributed by atoms with Crippen molar-refractivity contribution in [2.75, 3.05) is 4.57 Å². The third-order valence-electron chi connectivity index (χ3n) is 5.94. The largest absolute Gasteiger partial charge is 0.364 e. The van der Waals surface area contributed by atoms with Crippen LogP contribution in [0.2, 0.25) is 13.1 Å². The molecule has 0 atom stereocenters. The molecule has 0 aromatic heterocycles. The zero-order chi connectivity index (χ0) is 19.5. The van der Waals surface area contributed by atoms with E-state index in [1.807, 2.05) is 0 Å². The molecule has 1 aliphatic heterocycles. The minimum atomic E-state index is -1.95. The highest BCUT2D eigenvalue weighted by Crippen LogP contribution is 2.45. The molecule has 3 aromatic rings. The molecular formula is C25H29NSi. The number of benzene rings is 3. The molecule has 1 heterocycles. The molecular weight excluding hydrogens is 342 g/mol. The first kappa shape index (κ1) is 18.1. The highest BCUT2D eigenvalue weighted by Gasteiger charge is 2.42. The van der Waals surface area contributed by atoms with Gasteiger partial charge in [0, 0.05) is 16.9 Å². The monoisotopic (exact) mass is 371 g/mol. The standard InChI is InChI=1S/C25H29NSi/c1-16-12-18(3)24(19(4)13-16)26-23-11-9-8-10-21(23)22-15-17(2)14-20(5)25(22)27(26,6)7/h8-15H,1-7H3. The molecule has 0 fully saturated rings. The van der Waals surface area contributed by atoms with Gasteiger partial charge in [-0.15, -0.1) is 0 Å². The van der Waals surface area contributed by atoms with Gasteiger partial charge in [-0.1, -0.05) is 53.6 Å². The molecule has 27 heavy (non-hydrogen) atoms. The minimum Gasteiger partial charge on any atom is -0.364 e. The first-order valence-electron chi connectivity index (χ1n) is 9.81. The predicted molar refractivity (Wildman–Crippen MR) is 121 cm³/mol. The van der Waals surface area contributed by atoms with Gasteiger partial charge in [0.05, 0.1) is 0 Å². The van der Waals surface area contributed by atoms with Crippen molar-refractivity contribution in [3.8, 4) is 11.1 Å². The number of aryl methyl sites for hydroxylation is 5. The summed E-state index contributed by atoms with van der Waals surface area (Å²) in [5.41, 5.74) is 12.4. The van der Waals surface area contributed by atoms with Crippen molar-refractivity contribution in [3.63, 3.8) is 0 Å². The van der Waals surface area contributed by atoms with Crippen LogP contribution in [0.1, 0.15) is 27.8 Å². The SMILES string of the molecule is Cc1cc(C)c(N2c3ccccc3-c3cc(C)cc(C)c3[Si]2(C)C)c(C)c1. The average molecular weight is 372 g/mol. The lowest BCUT2D eigenvalue weighted by Crippen LogP contribution is -2.60. The number of para-hydroxylation sites is 1. The van der Waals surface area contributed by atoms with Crippen molar-refractivity contribution in [1.82, 2.24) is 0 Å². The van der Waals surface area contributed by atoms with Crippen LogP contribution in [0.5, 0.6) is 0 Å². The number of fused-ring (bicyclic) bond motifs is 3. The van der Waals surface area contributed by atoms with Crippen LogP contribution < -0.4 is 9.75 Å². The van der Waals surface area contributed by atoms with Gasteiger partial charge in [-0.05, 0) is 81.2 Å². The van der Waals surface area contributed by atoms with E-state index in [1.165, 1.54) is 50.3 Å². The molecule has 4 rings (SSSR count). The van der Waals surface area contributed by atoms with Crippen LogP contribution in [0.3, 0.4) is 0 Å². The van der Waals surface area contributed by atoms with E-state index in [2.05, 4.69) is 101 Å². The van der Waals surface area contributed by atoms with Crippen molar-refractivity contribution >= 4 is 24.8 Å². The summed E-state index contributed by atoms with van der Waals surface area (Å²) in [6.07, 6.45) is 0.